The van der Waals surface area contributed by atoms with Crippen LogP contribution >= 0.6 is 7.82 Å². The van der Waals surface area contributed by atoms with E-state index in [4.69, 9.17) is 19.2 Å². The topological polar surface area (TPSA) is 77.8 Å². The second kappa shape index (κ2) is 7.49. The first-order chi connectivity index (χ1) is 2.00. The molecule has 7 heteroatoms. The normalized spacial score (nSPS) is 8.43. The van der Waals surface area contributed by atoms with E-state index >= 15 is 0 Å². The second-order valence-electron chi connectivity index (χ2n) is 0.513. The Morgan fingerprint density at radius 1 is 1.14 bits per heavy atom. The molecular weight excluding hydrogens is 173 g/mol. The summed E-state index contributed by atoms with van der Waals surface area (Å²) in [6, 6.07) is 0. The molecule has 0 aliphatic rings. The maximum absolute atomic E-state index is 8.88. The predicted octanol–water partition coefficient (Wildman–Crippen LogP) is -6.81. The van der Waals surface area contributed by atoms with E-state index < -0.39 is 7.82 Å². The monoisotopic (exact) mass is 177 g/mol. The molecule has 0 heterocycles. The van der Waals surface area contributed by atoms with Crippen molar-refractivity contribution in [3.63, 3.8) is 0 Å². The van der Waals surface area contributed by atoms with Gasteiger partial charge < -0.3 is 14.7 Å². The maximum Gasteiger partial charge on any atom is 1.00 e. The van der Waals surface area contributed by atoms with E-state index in [-0.39, 0.29) is 104 Å². The standard InChI is InChI=1S/2K.H3O4P/c;;1-5(2,3)4/h;;(H3,1,2,3,4)/q2*+1;/p+1. The van der Waals surface area contributed by atoms with E-state index in [0.29, 0.717) is 0 Å². The Hall–Kier alpha value is 3.38. The Balaban J connectivity index is -0.0000000267. The average molecular weight is 177 g/mol. The molecule has 0 rings (SSSR count). The average Bonchev–Trinajstić information content (AvgIpc) is 0.722. The van der Waals surface area contributed by atoms with Crippen molar-refractivity contribution in [2.24, 2.45) is 0 Å². The third-order valence-corrected chi connectivity index (χ3v) is 0. The van der Waals surface area contributed by atoms with Crippen LogP contribution in [0.1, 0.15) is 1.43 Å². The van der Waals surface area contributed by atoms with Crippen molar-refractivity contribution in [3.8, 4) is 0 Å². The van der Waals surface area contributed by atoms with Gasteiger partial charge in [0.15, 0.2) is 0 Å². The van der Waals surface area contributed by atoms with Crippen LogP contribution in [0.15, 0.2) is 0 Å². The fourth-order valence-corrected chi connectivity index (χ4v) is 0. The maximum atomic E-state index is 8.88. The summed E-state index contributed by atoms with van der Waals surface area (Å²) in [5.41, 5.74) is 0. The molecule has 0 atom stereocenters. The van der Waals surface area contributed by atoms with E-state index in [1.807, 2.05) is 0 Å². The number of phosphoric acid groups is 1. The summed E-state index contributed by atoms with van der Waals surface area (Å²) in [5.74, 6) is 0. The molecule has 0 amide bonds. The molecule has 0 saturated heterocycles. The van der Waals surface area contributed by atoms with Gasteiger partial charge in [0, 0.05) is 0 Å². The summed E-state index contributed by atoms with van der Waals surface area (Å²) in [7, 11) is -4.64. The first kappa shape index (κ1) is 16.8. The fraction of sp³-hybridized carbons (Fsp3) is 0. The van der Waals surface area contributed by atoms with E-state index in [1.165, 1.54) is 0 Å². The van der Waals surface area contributed by atoms with E-state index in [0.717, 1.165) is 0 Å². The van der Waals surface area contributed by atoms with Gasteiger partial charge >= 0.3 is 112 Å². The molecule has 0 spiro atoms. The second-order valence-corrected chi connectivity index (χ2v) is 1.54. The van der Waals surface area contributed by atoms with Crippen molar-refractivity contribution < 1.29 is 123 Å². The smallest absolute Gasteiger partial charge is 0.303 e. The zero-order valence-corrected chi connectivity index (χ0v) is 11.3. The van der Waals surface area contributed by atoms with Gasteiger partial charge in [0.25, 0.3) is 0 Å². The summed E-state index contributed by atoms with van der Waals surface area (Å²) in [6.45, 7) is 0. The minimum absolute atomic E-state index is 0. The van der Waals surface area contributed by atoms with Gasteiger partial charge in [-0.25, -0.2) is 4.57 Å². The molecule has 0 radical (unpaired) electrons. The van der Waals surface area contributed by atoms with Crippen molar-refractivity contribution in [2.75, 3.05) is 0 Å². The van der Waals surface area contributed by atoms with Crippen LogP contribution in [-0.4, -0.2) is 14.7 Å². The third-order valence-electron chi connectivity index (χ3n) is 0. The summed E-state index contributed by atoms with van der Waals surface area (Å²) in [5, 5.41) is 0. The minimum Gasteiger partial charge on any atom is -0.303 e. The van der Waals surface area contributed by atoms with Crippen molar-refractivity contribution >= 4 is 7.82 Å². The van der Waals surface area contributed by atoms with Crippen LogP contribution in [0.25, 0.3) is 0 Å². The van der Waals surface area contributed by atoms with Gasteiger partial charge in [-0.3, -0.25) is 0 Å². The molecule has 0 aliphatic carbocycles. The molecule has 7 heavy (non-hydrogen) atoms. The Morgan fingerprint density at radius 3 is 1.14 bits per heavy atom. The molecule has 3 N–H and O–H groups in total. The summed E-state index contributed by atoms with van der Waals surface area (Å²) in [6.07, 6.45) is 0. The zero-order chi connectivity index (χ0) is 4.50. The molecule has 0 unspecified atom stereocenters. The van der Waals surface area contributed by atoms with Crippen molar-refractivity contribution in [1.29, 1.82) is 0 Å². The largest absolute Gasteiger partial charge is 1.00 e. The van der Waals surface area contributed by atoms with Gasteiger partial charge in [0.1, 0.15) is 0 Å². The molecule has 0 fully saturated rings. The van der Waals surface area contributed by atoms with Crippen LogP contribution in [0.2, 0.25) is 0 Å². The van der Waals surface area contributed by atoms with Crippen LogP contribution in [0.3, 0.4) is 0 Å². The molecular formula is H4K2O4P+3. The molecule has 0 aromatic carbocycles. The van der Waals surface area contributed by atoms with Gasteiger partial charge in [-0.2, -0.15) is 0 Å². The van der Waals surface area contributed by atoms with E-state index in [2.05, 4.69) is 0 Å². The van der Waals surface area contributed by atoms with Crippen LogP contribution in [0.4, 0.5) is 0 Å². The molecule has 0 aliphatic heterocycles. The Labute approximate surface area is 128 Å². The Kier molecular flexibility index (Phi) is 17.9. The molecule has 0 bridgehead atoms. The van der Waals surface area contributed by atoms with Gasteiger partial charge in [-0.05, 0) is 0 Å². The summed E-state index contributed by atoms with van der Waals surface area (Å²) < 4.78 is 8.88. The van der Waals surface area contributed by atoms with E-state index in [9.17, 15) is 0 Å². The van der Waals surface area contributed by atoms with Crippen LogP contribution in [0.5, 0.6) is 0 Å². The van der Waals surface area contributed by atoms with Crippen molar-refractivity contribution in [2.45, 2.75) is 0 Å². The Bertz CT molecular complexity index is 60.2. The summed E-state index contributed by atoms with van der Waals surface area (Å²) in [4.78, 5) is 21.6. The fourth-order valence-electron chi connectivity index (χ4n) is 0. The Morgan fingerprint density at radius 2 is 1.14 bits per heavy atom. The van der Waals surface area contributed by atoms with Crippen molar-refractivity contribution in [3.05, 3.63) is 0 Å². The molecule has 0 aromatic heterocycles. The quantitative estimate of drug-likeness (QED) is 0.254. The molecule has 4 nitrogen and oxygen atoms in total. The molecule has 0 saturated carbocycles. The van der Waals surface area contributed by atoms with Crippen molar-refractivity contribution in [1.82, 2.24) is 0 Å². The molecule has 32 valence electrons. The minimum atomic E-state index is -4.64. The van der Waals surface area contributed by atoms with Crippen LogP contribution in [0, 0.1) is 0 Å². The van der Waals surface area contributed by atoms with Crippen LogP contribution < -0.4 is 103 Å². The number of rotatable bonds is 0. The number of hydrogen-bond donors (Lipinski definition) is 3. The van der Waals surface area contributed by atoms with E-state index in [1.54, 1.807) is 0 Å². The van der Waals surface area contributed by atoms with Gasteiger partial charge in [0.2, 0.25) is 0 Å². The predicted molar refractivity (Wildman–Crippen MR) is 15.4 cm³/mol. The van der Waals surface area contributed by atoms with Gasteiger partial charge in [-0.15, -0.1) is 0 Å². The first-order valence-corrected chi connectivity index (χ1v) is 2.35. The first-order valence-electron chi connectivity index (χ1n) is 0.783. The van der Waals surface area contributed by atoms with Gasteiger partial charge in [-0.1, -0.05) is 0 Å². The molecule has 0 aromatic rings. The van der Waals surface area contributed by atoms with Gasteiger partial charge in [0.05, 0.1) is 0 Å². The summed E-state index contributed by atoms with van der Waals surface area (Å²) >= 11 is 0. The SMILES string of the molecule is O=P(O)(O)O.[H+].[K+].[K+]. The van der Waals surface area contributed by atoms with Crippen LogP contribution in [-0.2, 0) is 4.57 Å². The zero-order valence-electron chi connectivity index (χ0n) is 5.20. The number of hydrogen-bond acceptors (Lipinski definition) is 1. The third kappa shape index (κ3) is 44.7.